The summed E-state index contributed by atoms with van der Waals surface area (Å²) >= 11 is 0. The summed E-state index contributed by atoms with van der Waals surface area (Å²) in [6.45, 7) is 0. The third kappa shape index (κ3) is 12.7. The largest absolute Gasteiger partial charge is 0.455 e. The first-order valence-electron chi connectivity index (χ1n) is 47.9. The summed E-state index contributed by atoms with van der Waals surface area (Å²) in [5.74, 6) is 2.19. The first-order valence-corrected chi connectivity index (χ1v) is 47.9. The van der Waals surface area contributed by atoms with E-state index in [1.807, 2.05) is 91.0 Å². The van der Waals surface area contributed by atoms with Crippen LogP contribution in [0.25, 0.3) is 292 Å². The summed E-state index contributed by atoms with van der Waals surface area (Å²) in [7, 11) is 0. The van der Waals surface area contributed by atoms with E-state index >= 15 is 0 Å². The maximum atomic E-state index is 6.66. The molecule has 0 bridgehead atoms. The Hall–Kier alpha value is -19.3. The molecule has 0 aliphatic carbocycles. The molecule has 12 heteroatoms. The molecule has 0 saturated carbocycles. The number of para-hydroxylation sites is 10. The van der Waals surface area contributed by atoms with Crippen molar-refractivity contribution in [3.8, 4) is 84.9 Å². The van der Waals surface area contributed by atoms with E-state index in [0.717, 1.165) is 253 Å². The lowest BCUT2D eigenvalue weighted by atomic mass is 9.99. The molecule has 0 atom stereocenters. The molecule has 0 N–H and O–H groups in total. The number of hydrogen-bond donors (Lipinski definition) is 0. The van der Waals surface area contributed by atoms with Crippen LogP contribution in [0.4, 0.5) is 0 Å². The van der Waals surface area contributed by atoms with E-state index in [9.17, 15) is 0 Å². The van der Waals surface area contributed by atoms with Crippen LogP contribution in [0.2, 0.25) is 0 Å². The molecule has 22 aromatic carbocycles. The highest BCUT2D eigenvalue weighted by molar-refractivity contribution is 6.33. The highest BCUT2D eigenvalue weighted by Crippen LogP contribution is 2.50. The molecule has 12 nitrogen and oxygen atoms in total. The molecule has 0 unspecified atom stereocenters. The first kappa shape index (κ1) is 80.0. The maximum absolute atomic E-state index is 6.66. The van der Waals surface area contributed by atoms with Crippen molar-refractivity contribution >= 4 is 207 Å². The number of furan rings is 3. The smallest absolute Gasteiger partial charge is 0.165 e. The van der Waals surface area contributed by atoms with E-state index in [0.29, 0.717) is 11.6 Å². The van der Waals surface area contributed by atoms with E-state index in [-0.39, 0.29) is 0 Å². The van der Waals surface area contributed by atoms with Gasteiger partial charge in [0, 0.05) is 125 Å². The number of benzene rings is 22. The number of nitrogens with zero attached hydrogens (tertiary/aromatic N) is 9. The van der Waals surface area contributed by atoms with Crippen LogP contribution in [-0.2, 0) is 0 Å². The van der Waals surface area contributed by atoms with Crippen LogP contribution in [0, 0.1) is 0 Å². The lowest BCUT2D eigenvalue weighted by molar-refractivity contribution is 0.672. The Balaban J connectivity index is 0.000000103. The number of aromatic nitrogens is 9. The molecule has 0 spiro atoms. The van der Waals surface area contributed by atoms with Crippen molar-refractivity contribution in [2.24, 2.45) is 0 Å². The van der Waals surface area contributed by atoms with Gasteiger partial charge in [-0.25, -0.2) is 29.9 Å². The SMILES string of the molecule is c1ccc(-c2cccc(-c3nc(-c4cccc(-n5c6ccccc6c6c7c(ccc8c9ccccc9oc87)ccc65)c4)nc4ccccc34)c2)cc1.c1ccc(-c2nc(-c3cc4ccccc4cc3-n3c4ccccc4c4c5c(ccc6c7ccccc7oc65)ccc43)nc3ccccc23)cc1.c1ccc(-c2nc3ccccc3nc2-n2c3ccccc3c3c4c(ccc5c6ccccc6oc54)ccc32)cc1. The monoisotopic (exact) mass is 1810 g/mol. The van der Waals surface area contributed by atoms with Gasteiger partial charge in [0.25, 0.3) is 0 Å². The molecular formula is C130H77N9O3. The average molecular weight is 1810 g/mol. The van der Waals surface area contributed by atoms with Crippen LogP contribution in [0.3, 0.4) is 0 Å². The number of fused-ring (bicyclic) bond motifs is 31. The highest BCUT2D eigenvalue weighted by atomic mass is 16.3. The standard InChI is InChI=1S/C48H29N3O.C46H27N3O.C36H21N3O/c1-2-12-30(13-3-1)32-14-10-15-33(28-32)46-38-19-4-7-21-40(38)49-48(50-46)34-16-11-17-35(29-34)51-41-22-8-5-20-39(41)45-42(51)27-25-31-24-26-37-36-18-6-9-23-43(36)52-47(37)44(31)45;1-2-12-29(13-3-1)44-34-17-6-9-19-37(34)47-46(48-44)36-26-30-14-4-5-15-31(30)27-40(36)49-38-20-10-7-18-35(38)43-39(49)25-23-28-22-24-33-32-16-8-11-21-41(32)50-45(33)42(28)43;1-2-10-23(11-3-1)34-36(38-28-15-7-6-14-27(28)37-34)39-29-16-8-4-13-26(29)33-30(39)21-19-22-18-20-25-24-12-5-9-17-31(24)40-35(25)32(22)33/h1-29H;1-27H;1-21H. The Labute approximate surface area is 810 Å². The Morgan fingerprint density at radius 3 is 1.08 bits per heavy atom. The quantitative estimate of drug-likeness (QED) is 0.139. The van der Waals surface area contributed by atoms with Crippen molar-refractivity contribution in [3.05, 3.63) is 467 Å². The van der Waals surface area contributed by atoms with Gasteiger partial charge in [0.05, 0.1) is 72.2 Å². The van der Waals surface area contributed by atoms with E-state index in [2.05, 4.69) is 390 Å². The molecule has 0 radical (unpaired) electrons. The highest BCUT2D eigenvalue weighted by Gasteiger charge is 2.28. The van der Waals surface area contributed by atoms with Crippen LogP contribution in [-0.4, -0.2) is 43.6 Å². The molecule has 0 saturated heterocycles. The van der Waals surface area contributed by atoms with E-state index in [1.165, 1.54) is 27.1 Å². The van der Waals surface area contributed by atoms with Gasteiger partial charge in [0.15, 0.2) is 17.5 Å². The van der Waals surface area contributed by atoms with Crippen LogP contribution in [0.5, 0.6) is 0 Å². The van der Waals surface area contributed by atoms with Gasteiger partial charge in [-0.05, 0) is 165 Å². The molecule has 0 aliphatic rings. The Bertz CT molecular complexity index is 10700. The predicted molar refractivity (Wildman–Crippen MR) is 586 cm³/mol. The second-order valence-electron chi connectivity index (χ2n) is 36.5. The molecule has 31 rings (SSSR count). The second kappa shape index (κ2) is 32.2. The van der Waals surface area contributed by atoms with Crippen molar-refractivity contribution in [3.63, 3.8) is 0 Å². The van der Waals surface area contributed by atoms with Gasteiger partial charge in [-0.1, -0.05) is 340 Å². The molecule has 0 aliphatic heterocycles. The molecule has 0 amide bonds. The fourth-order valence-electron chi connectivity index (χ4n) is 22.1. The minimum Gasteiger partial charge on any atom is -0.455 e. The van der Waals surface area contributed by atoms with Gasteiger partial charge < -0.3 is 22.4 Å². The van der Waals surface area contributed by atoms with Crippen molar-refractivity contribution in [1.82, 2.24) is 43.6 Å². The number of hydrogen-bond acceptors (Lipinski definition) is 9. The predicted octanol–water partition coefficient (Wildman–Crippen LogP) is 34.5. The van der Waals surface area contributed by atoms with Crippen LogP contribution >= 0.6 is 0 Å². The molecule has 31 aromatic rings. The maximum Gasteiger partial charge on any atom is 0.165 e. The fraction of sp³-hybridized carbons (Fsp3) is 0. The van der Waals surface area contributed by atoms with Gasteiger partial charge >= 0.3 is 0 Å². The lowest BCUT2D eigenvalue weighted by Gasteiger charge is -2.16. The zero-order chi connectivity index (χ0) is 93.1. The summed E-state index contributed by atoms with van der Waals surface area (Å²) in [6, 6.07) is 164. The van der Waals surface area contributed by atoms with Crippen molar-refractivity contribution < 1.29 is 13.3 Å². The Kier molecular flexibility index (Phi) is 18.1. The van der Waals surface area contributed by atoms with E-state index < -0.39 is 0 Å². The van der Waals surface area contributed by atoms with Crippen molar-refractivity contribution in [2.75, 3.05) is 0 Å². The zero-order valence-electron chi connectivity index (χ0n) is 76.2. The van der Waals surface area contributed by atoms with Gasteiger partial charge in [-0.2, -0.15) is 0 Å². The van der Waals surface area contributed by atoms with Gasteiger partial charge in [0.2, 0.25) is 0 Å². The molecule has 9 aromatic heterocycles. The molecule has 660 valence electrons. The summed E-state index contributed by atoms with van der Waals surface area (Å²) in [4.78, 5) is 31.4. The lowest BCUT2D eigenvalue weighted by Crippen LogP contribution is -2.03. The van der Waals surface area contributed by atoms with Crippen LogP contribution < -0.4 is 0 Å². The molecule has 9 heterocycles. The average Bonchev–Trinajstić information content (AvgIpc) is 1.56. The summed E-state index contributed by atoms with van der Waals surface area (Å²) in [5.41, 5.74) is 27.8. The third-order valence-corrected chi connectivity index (χ3v) is 28.5. The van der Waals surface area contributed by atoms with E-state index in [1.54, 1.807) is 0 Å². The third-order valence-electron chi connectivity index (χ3n) is 28.5. The molecular weight excluding hydrogens is 1740 g/mol. The Morgan fingerprint density at radius 2 is 0.542 bits per heavy atom. The first-order chi connectivity index (χ1) is 70.4. The zero-order valence-corrected chi connectivity index (χ0v) is 76.2. The van der Waals surface area contributed by atoms with Gasteiger partial charge in [0.1, 0.15) is 39.2 Å². The second-order valence-corrected chi connectivity index (χ2v) is 36.5. The van der Waals surface area contributed by atoms with Crippen molar-refractivity contribution in [2.45, 2.75) is 0 Å². The summed E-state index contributed by atoms with van der Waals surface area (Å²) < 4.78 is 26.8. The minimum absolute atomic E-state index is 0.690. The van der Waals surface area contributed by atoms with Crippen LogP contribution in [0.15, 0.2) is 480 Å². The molecule has 0 fully saturated rings. The Morgan fingerprint density at radius 1 is 0.176 bits per heavy atom. The summed E-state index contributed by atoms with van der Waals surface area (Å²) in [6.07, 6.45) is 0. The number of rotatable bonds is 9. The van der Waals surface area contributed by atoms with Crippen LogP contribution in [0.1, 0.15) is 0 Å². The normalized spacial score (nSPS) is 11.9. The van der Waals surface area contributed by atoms with E-state index in [4.69, 9.17) is 43.2 Å². The minimum atomic E-state index is 0.690. The topological polar surface area (TPSA) is 132 Å². The fourth-order valence-corrected chi connectivity index (χ4v) is 22.1. The van der Waals surface area contributed by atoms with Gasteiger partial charge in [-0.3, -0.25) is 4.57 Å². The molecule has 142 heavy (non-hydrogen) atoms. The van der Waals surface area contributed by atoms with Gasteiger partial charge in [-0.15, -0.1) is 0 Å². The van der Waals surface area contributed by atoms with Crippen molar-refractivity contribution in [1.29, 1.82) is 0 Å². The summed E-state index contributed by atoms with van der Waals surface area (Å²) in [5, 5.41) is 25.0.